The number of rotatable bonds is 9. The average molecular weight is 510 g/mol. The molecule has 0 aliphatic heterocycles. The number of nitrogens with one attached hydrogen (secondary N) is 3. The molecule has 1 aliphatic rings. The van der Waals surface area contributed by atoms with Crippen LogP contribution in [-0.2, 0) is 23.9 Å². The third-order valence-electron chi connectivity index (χ3n) is 5.84. The molecule has 1 unspecified atom stereocenters. The monoisotopic (exact) mass is 509 g/mol. The number of benzene rings is 2. The number of carbonyl (C=O) groups excluding carboxylic acids is 4. The first-order valence-electron chi connectivity index (χ1n) is 12.3. The normalized spacial score (nSPS) is 13.2. The van der Waals surface area contributed by atoms with Crippen molar-refractivity contribution in [2.24, 2.45) is 5.92 Å². The SMILES string of the molecule is CC(C)C(NC(=O)OCC1c2ccccc2-c2ccccc21)C(=O)NCC(=O)NCC(=O)OC(C)(C)C. The zero-order valence-electron chi connectivity index (χ0n) is 21.9. The van der Waals surface area contributed by atoms with E-state index >= 15 is 0 Å². The standard InChI is InChI=1S/C28H35N3O6/c1-17(2)25(26(34)30-14-23(32)29-15-24(33)37-28(3,4)5)31-27(35)36-16-22-20-12-8-6-10-18(20)19-11-7-9-13-21(19)22/h6-13,17,22,25H,14-16H2,1-5H3,(H,29,32)(H,30,34)(H,31,35). The zero-order valence-corrected chi connectivity index (χ0v) is 21.9. The Balaban J connectivity index is 1.50. The lowest BCUT2D eigenvalue weighted by Crippen LogP contribution is -2.52. The molecule has 3 rings (SSSR count). The highest BCUT2D eigenvalue weighted by Crippen LogP contribution is 2.44. The molecule has 1 atom stereocenters. The number of esters is 1. The van der Waals surface area contributed by atoms with Crippen LogP contribution in [0.5, 0.6) is 0 Å². The summed E-state index contributed by atoms with van der Waals surface area (Å²) in [6.45, 7) is 8.19. The number of hydrogen-bond acceptors (Lipinski definition) is 6. The van der Waals surface area contributed by atoms with E-state index < -0.39 is 35.5 Å². The maximum atomic E-state index is 12.7. The van der Waals surface area contributed by atoms with E-state index in [0.29, 0.717) is 0 Å². The molecule has 0 fully saturated rings. The quantitative estimate of drug-likeness (QED) is 0.447. The summed E-state index contributed by atoms with van der Waals surface area (Å²) in [6, 6.07) is 15.1. The van der Waals surface area contributed by atoms with Gasteiger partial charge in [-0.1, -0.05) is 62.4 Å². The van der Waals surface area contributed by atoms with Gasteiger partial charge in [0.1, 0.15) is 24.8 Å². The topological polar surface area (TPSA) is 123 Å². The van der Waals surface area contributed by atoms with Gasteiger partial charge in [0.2, 0.25) is 11.8 Å². The largest absolute Gasteiger partial charge is 0.459 e. The summed E-state index contributed by atoms with van der Waals surface area (Å²) in [4.78, 5) is 49.1. The van der Waals surface area contributed by atoms with Crippen LogP contribution in [-0.4, -0.2) is 55.2 Å². The molecule has 3 N–H and O–H groups in total. The van der Waals surface area contributed by atoms with Crippen LogP contribution < -0.4 is 16.0 Å². The number of ether oxygens (including phenoxy) is 2. The smallest absolute Gasteiger partial charge is 0.407 e. The fourth-order valence-electron chi connectivity index (χ4n) is 4.19. The van der Waals surface area contributed by atoms with Gasteiger partial charge in [-0.3, -0.25) is 14.4 Å². The molecule has 9 heteroatoms. The molecule has 2 aromatic rings. The number of amides is 3. The minimum Gasteiger partial charge on any atom is -0.459 e. The van der Waals surface area contributed by atoms with E-state index in [2.05, 4.69) is 28.1 Å². The van der Waals surface area contributed by atoms with Crippen LogP contribution in [0.4, 0.5) is 4.79 Å². The molecule has 0 aromatic heterocycles. The van der Waals surface area contributed by atoms with E-state index in [4.69, 9.17) is 9.47 Å². The highest BCUT2D eigenvalue weighted by Gasteiger charge is 2.30. The molecule has 3 amide bonds. The summed E-state index contributed by atoms with van der Waals surface area (Å²) in [5.74, 6) is -2.02. The Morgan fingerprint density at radius 2 is 1.43 bits per heavy atom. The van der Waals surface area contributed by atoms with Crippen LogP contribution >= 0.6 is 0 Å². The van der Waals surface area contributed by atoms with Gasteiger partial charge in [0.25, 0.3) is 0 Å². The lowest BCUT2D eigenvalue weighted by molar-refractivity contribution is -0.154. The van der Waals surface area contributed by atoms with Crippen molar-refractivity contribution in [3.63, 3.8) is 0 Å². The first kappa shape index (κ1) is 27.7. The predicted octanol–water partition coefficient (Wildman–Crippen LogP) is 3.12. The van der Waals surface area contributed by atoms with Gasteiger partial charge >= 0.3 is 12.1 Å². The Labute approximate surface area is 217 Å². The Bertz CT molecular complexity index is 1110. The Kier molecular flexibility index (Phi) is 8.91. The van der Waals surface area contributed by atoms with E-state index in [9.17, 15) is 19.2 Å². The zero-order chi connectivity index (χ0) is 27.2. The van der Waals surface area contributed by atoms with Gasteiger partial charge in [-0.05, 0) is 48.9 Å². The molecular weight excluding hydrogens is 474 g/mol. The molecule has 0 saturated carbocycles. The molecule has 0 heterocycles. The summed E-state index contributed by atoms with van der Waals surface area (Å²) in [5.41, 5.74) is 3.76. The van der Waals surface area contributed by atoms with Crippen LogP contribution in [0.3, 0.4) is 0 Å². The van der Waals surface area contributed by atoms with E-state index in [0.717, 1.165) is 22.3 Å². The van der Waals surface area contributed by atoms with Crippen LogP contribution in [0.15, 0.2) is 48.5 Å². The third-order valence-corrected chi connectivity index (χ3v) is 5.84. The lowest BCUT2D eigenvalue weighted by Gasteiger charge is -2.22. The average Bonchev–Trinajstić information content (AvgIpc) is 3.15. The highest BCUT2D eigenvalue weighted by atomic mass is 16.6. The summed E-state index contributed by atoms with van der Waals surface area (Å²) in [6.07, 6.45) is -0.718. The second kappa shape index (κ2) is 11.9. The summed E-state index contributed by atoms with van der Waals surface area (Å²) in [5, 5.41) is 7.50. The van der Waals surface area contributed by atoms with Crippen molar-refractivity contribution < 1.29 is 28.7 Å². The van der Waals surface area contributed by atoms with Crippen LogP contribution in [0.1, 0.15) is 51.7 Å². The molecule has 1 aliphatic carbocycles. The number of alkyl carbamates (subject to hydrolysis) is 1. The maximum absolute atomic E-state index is 12.7. The van der Waals surface area contributed by atoms with Crippen molar-refractivity contribution >= 4 is 23.9 Å². The minimum atomic E-state index is -0.908. The van der Waals surface area contributed by atoms with Crippen molar-refractivity contribution in [2.75, 3.05) is 19.7 Å². The molecular formula is C28H35N3O6. The number of fused-ring (bicyclic) bond motifs is 3. The van der Waals surface area contributed by atoms with Crippen LogP contribution in [0.25, 0.3) is 11.1 Å². The molecule has 0 saturated heterocycles. The fraction of sp³-hybridized carbons (Fsp3) is 0.429. The van der Waals surface area contributed by atoms with E-state index in [-0.39, 0.29) is 31.5 Å². The Hall–Kier alpha value is -3.88. The van der Waals surface area contributed by atoms with E-state index in [1.165, 1.54) is 0 Å². The molecule has 0 spiro atoms. The maximum Gasteiger partial charge on any atom is 0.407 e. The van der Waals surface area contributed by atoms with Gasteiger partial charge in [0.05, 0.1) is 6.54 Å². The molecule has 2 aromatic carbocycles. The van der Waals surface area contributed by atoms with Gasteiger partial charge < -0.3 is 25.4 Å². The van der Waals surface area contributed by atoms with Crippen LogP contribution in [0, 0.1) is 5.92 Å². The van der Waals surface area contributed by atoms with Crippen molar-refractivity contribution in [1.82, 2.24) is 16.0 Å². The van der Waals surface area contributed by atoms with E-state index in [1.807, 2.05) is 36.4 Å². The Morgan fingerprint density at radius 3 is 1.97 bits per heavy atom. The second-order valence-electron chi connectivity index (χ2n) is 10.3. The summed E-state index contributed by atoms with van der Waals surface area (Å²) in [7, 11) is 0. The lowest BCUT2D eigenvalue weighted by atomic mass is 9.98. The minimum absolute atomic E-state index is 0.0989. The predicted molar refractivity (Wildman–Crippen MR) is 139 cm³/mol. The third kappa shape index (κ3) is 7.55. The van der Waals surface area contributed by atoms with Crippen LogP contribution in [0.2, 0.25) is 0 Å². The molecule has 37 heavy (non-hydrogen) atoms. The molecule has 198 valence electrons. The van der Waals surface area contributed by atoms with E-state index in [1.54, 1.807) is 34.6 Å². The number of carbonyl (C=O) groups is 4. The van der Waals surface area contributed by atoms with Gasteiger partial charge in [-0.2, -0.15) is 0 Å². The van der Waals surface area contributed by atoms with Crippen molar-refractivity contribution in [3.8, 4) is 11.1 Å². The van der Waals surface area contributed by atoms with Crippen molar-refractivity contribution in [2.45, 2.75) is 52.2 Å². The highest BCUT2D eigenvalue weighted by molar-refractivity contribution is 5.90. The van der Waals surface area contributed by atoms with Crippen molar-refractivity contribution in [1.29, 1.82) is 0 Å². The molecule has 0 radical (unpaired) electrons. The van der Waals surface area contributed by atoms with Gasteiger partial charge in [0.15, 0.2) is 0 Å². The Morgan fingerprint density at radius 1 is 0.865 bits per heavy atom. The first-order valence-corrected chi connectivity index (χ1v) is 12.3. The molecule has 9 nitrogen and oxygen atoms in total. The summed E-state index contributed by atoms with van der Waals surface area (Å²) < 4.78 is 10.7. The second-order valence-corrected chi connectivity index (χ2v) is 10.3. The molecule has 0 bridgehead atoms. The van der Waals surface area contributed by atoms with Gasteiger partial charge in [-0.25, -0.2) is 4.79 Å². The van der Waals surface area contributed by atoms with Gasteiger partial charge in [-0.15, -0.1) is 0 Å². The number of hydrogen-bond donors (Lipinski definition) is 3. The fourth-order valence-corrected chi connectivity index (χ4v) is 4.19. The van der Waals surface area contributed by atoms with Crippen molar-refractivity contribution in [3.05, 3.63) is 59.7 Å². The van der Waals surface area contributed by atoms with Gasteiger partial charge in [0, 0.05) is 5.92 Å². The summed E-state index contributed by atoms with van der Waals surface area (Å²) >= 11 is 0. The first-order chi connectivity index (χ1) is 17.5.